The van der Waals surface area contributed by atoms with Crippen LogP contribution in [0.2, 0.25) is 5.02 Å². The van der Waals surface area contributed by atoms with Crippen molar-refractivity contribution in [1.29, 1.82) is 0 Å². The number of allylic oxidation sites excluding steroid dienone is 1. The maximum Gasteiger partial charge on any atom is 0.254 e. The SMILES string of the molecule is C=CCn1c(SCC(=O)Nc2ccc(Cl)cc2C)nnc1C(C)NC(=O)c1ccccc1F. The molecule has 172 valence electrons. The van der Waals surface area contributed by atoms with E-state index >= 15 is 0 Å². The van der Waals surface area contributed by atoms with E-state index in [4.69, 9.17) is 11.6 Å². The molecule has 1 unspecified atom stereocenters. The average Bonchev–Trinajstić information content (AvgIpc) is 3.17. The number of nitrogens with zero attached hydrogens (tertiary/aromatic N) is 3. The largest absolute Gasteiger partial charge is 0.342 e. The maximum atomic E-state index is 13.9. The third-order valence-electron chi connectivity index (χ3n) is 4.71. The first kappa shape index (κ1) is 24.5. The van der Waals surface area contributed by atoms with Crippen LogP contribution < -0.4 is 10.6 Å². The van der Waals surface area contributed by atoms with Gasteiger partial charge in [-0.05, 0) is 49.7 Å². The number of carbonyl (C=O) groups excluding carboxylic acids is 2. The topological polar surface area (TPSA) is 88.9 Å². The molecule has 2 aromatic carbocycles. The second kappa shape index (κ2) is 11.1. The molecule has 0 spiro atoms. The lowest BCUT2D eigenvalue weighted by Gasteiger charge is -2.15. The van der Waals surface area contributed by atoms with Crippen molar-refractivity contribution in [2.75, 3.05) is 11.1 Å². The zero-order valence-corrected chi connectivity index (χ0v) is 19.7. The van der Waals surface area contributed by atoms with Crippen LogP contribution in [0.1, 0.15) is 34.7 Å². The molecule has 2 N–H and O–H groups in total. The number of anilines is 1. The molecule has 0 radical (unpaired) electrons. The molecular weight excluding hydrogens is 465 g/mol. The Balaban J connectivity index is 1.68. The predicted molar refractivity (Wildman–Crippen MR) is 128 cm³/mol. The summed E-state index contributed by atoms with van der Waals surface area (Å²) in [5, 5.41) is 15.0. The van der Waals surface area contributed by atoms with Crippen molar-refractivity contribution in [1.82, 2.24) is 20.1 Å². The molecule has 0 aliphatic carbocycles. The number of halogens is 2. The van der Waals surface area contributed by atoms with Gasteiger partial charge in [0.25, 0.3) is 5.91 Å². The summed E-state index contributed by atoms with van der Waals surface area (Å²) in [5.74, 6) is -0.793. The van der Waals surface area contributed by atoms with Crippen molar-refractivity contribution < 1.29 is 14.0 Å². The number of nitrogens with one attached hydrogen (secondary N) is 2. The highest BCUT2D eigenvalue weighted by Gasteiger charge is 2.21. The number of carbonyl (C=O) groups is 2. The van der Waals surface area contributed by atoms with Crippen molar-refractivity contribution in [3.8, 4) is 0 Å². The fraction of sp³-hybridized carbons (Fsp3) is 0.217. The molecule has 1 atom stereocenters. The number of rotatable bonds is 9. The standard InChI is InChI=1S/C23H23ClFN5O2S/c1-4-11-30-21(15(3)26-22(32)17-7-5-6-8-18(17)25)28-29-23(30)33-13-20(31)27-19-10-9-16(24)12-14(19)2/h4-10,12,15H,1,11,13H2,2-3H3,(H,26,32)(H,27,31). The first-order chi connectivity index (χ1) is 15.8. The van der Waals surface area contributed by atoms with E-state index in [1.165, 1.54) is 30.0 Å². The fourth-order valence-corrected chi connectivity index (χ4v) is 4.08. The molecule has 3 rings (SSSR count). The number of aryl methyl sites for hydroxylation is 1. The van der Waals surface area contributed by atoms with Crippen molar-refractivity contribution in [2.24, 2.45) is 0 Å². The van der Waals surface area contributed by atoms with Gasteiger partial charge in [-0.2, -0.15) is 0 Å². The van der Waals surface area contributed by atoms with Crippen LogP contribution in [0, 0.1) is 12.7 Å². The second-order valence-corrected chi connectivity index (χ2v) is 8.59. The summed E-state index contributed by atoms with van der Waals surface area (Å²) in [5.41, 5.74) is 1.49. The van der Waals surface area contributed by atoms with Crippen LogP contribution in [-0.4, -0.2) is 32.3 Å². The lowest BCUT2D eigenvalue weighted by Crippen LogP contribution is -2.29. The van der Waals surface area contributed by atoms with Gasteiger partial charge in [-0.15, -0.1) is 16.8 Å². The van der Waals surface area contributed by atoms with Gasteiger partial charge in [0.1, 0.15) is 5.82 Å². The number of benzene rings is 2. The Hall–Kier alpha value is -3.17. The Morgan fingerprint density at radius 3 is 2.73 bits per heavy atom. The Morgan fingerprint density at radius 2 is 2.03 bits per heavy atom. The zero-order chi connectivity index (χ0) is 24.0. The fourth-order valence-electron chi connectivity index (χ4n) is 3.10. The van der Waals surface area contributed by atoms with Crippen LogP contribution in [-0.2, 0) is 11.3 Å². The molecule has 0 bridgehead atoms. The summed E-state index contributed by atoms with van der Waals surface area (Å²) in [6.45, 7) is 7.72. The van der Waals surface area contributed by atoms with Crippen LogP contribution in [0.5, 0.6) is 0 Å². The number of aromatic nitrogens is 3. The highest BCUT2D eigenvalue weighted by Crippen LogP contribution is 2.23. The quantitative estimate of drug-likeness (QED) is 0.335. The molecule has 1 aromatic heterocycles. The van der Waals surface area contributed by atoms with E-state index in [1.54, 1.807) is 41.8 Å². The molecule has 0 fully saturated rings. The minimum atomic E-state index is -0.604. The van der Waals surface area contributed by atoms with Gasteiger partial charge < -0.3 is 15.2 Å². The van der Waals surface area contributed by atoms with E-state index in [9.17, 15) is 14.0 Å². The summed E-state index contributed by atoms with van der Waals surface area (Å²) < 4.78 is 15.7. The summed E-state index contributed by atoms with van der Waals surface area (Å²) >= 11 is 7.17. The van der Waals surface area contributed by atoms with E-state index in [2.05, 4.69) is 27.4 Å². The molecule has 1 heterocycles. The molecule has 3 aromatic rings. The Kier molecular flexibility index (Phi) is 8.24. The molecule has 0 saturated carbocycles. The van der Waals surface area contributed by atoms with Gasteiger partial charge in [0.2, 0.25) is 5.91 Å². The second-order valence-electron chi connectivity index (χ2n) is 7.21. The highest BCUT2D eigenvalue weighted by atomic mass is 35.5. The smallest absolute Gasteiger partial charge is 0.254 e. The van der Waals surface area contributed by atoms with Crippen molar-refractivity contribution in [2.45, 2.75) is 31.6 Å². The zero-order valence-electron chi connectivity index (χ0n) is 18.1. The van der Waals surface area contributed by atoms with E-state index in [1.807, 2.05) is 6.92 Å². The van der Waals surface area contributed by atoms with E-state index in [0.717, 1.165) is 5.56 Å². The molecule has 0 aliphatic rings. The van der Waals surface area contributed by atoms with E-state index in [0.29, 0.717) is 28.2 Å². The van der Waals surface area contributed by atoms with Crippen LogP contribution in [0.3, 0.4) is 0 Å². The van der Waals surface area contributed by atoms with Crippen LogP contribution >= 0.6 is 23.4 Å². The summed E-state index contributed by atoms with van der Waals surface area (Å²) in [6.07, 6.45) is 1.67. The highest BCUT2D eigenvalue weighted by molar-refractivity contribution is 7.99. The summed E-state index contributed by atoms with van der Waals surface area (Å²) in [6, 6.07) is 10.4. The molecule has 0 saturated heterocycles. The Labute approximate surface area is 200 Å². The maximum absolute atomic E-state index is 13.9. The number of thioether (sulfide) groups is 1. The first-order valence-corrected chi connectivity index (χ1v) is 11.4. The predicted octanol–water partition coefficient (Wildman–Crippen LogP) is 4.79. The van der Waals surface area contributed by atoms with Gasteiger partial charge in [0.15, 0.2) is 11.0 Å². The van der Waals surface area contributed by atoms with Crippen molar-refractivity contribution in [3.05, 3.63) is 82.9 Å². The molecule has 0 aliphatic heterocycles. The lowest BCUT2D eigenvalue weighted by atomic mass is 10.2. The molecular formula is C23H23ClFN5O2S. The minimum absolute atomic E-state index is 0.0529. The van der Waals surface area contributed by atoms with Crippen LogP contribution in [0.4, 0.5) is 10.1 Å². The summed E-state index contributed by atoms with van der Waals surface area (Å²) in [7, 11) is 0. The molecule has 2 amide bonds. The summed E-state index contributed by atoms with van der Waals surface area (Å²) in [4.78, 5) is 24.9. The number of amides is 2. The monoisotopic (exact) mass is 487 g/mol. The van der Waals surface area contributed by atoms with Gasteiger partial charge in [-0.25, -0.2) is 4.39 Å². The Bertz CT molecular complexity index is 1180. The molecule has 7 nitrogen and oxygen atoms in total. The lowest BCUT2D eigenvalue weighted by molar-refractivity contribution is -0.113. The van der Waals surface area contributed by atoms with Gasteiger partial charge in [-0.1, -0.05) is 41.6 Å². The number of hydrogen-bond donors (Lipinski definition) is 2. The van der Waals surface area contributed by atoms with Crippen LogP contribution in [0.15, 0.2) is 60.3 Å². The molecule has 10 heteroatoms. The van der Waals surface area contributed by atoms with Crippen molar-refractivity contribution in [3.63, 3.8) is 0 Å². The minimum Gasteiger partial charge on any atom is -0.342 e. The van der Waals surface area contributed by atoms with E-state index in [-0.39, 0.29) is 17.2 Å². The third-order valence-corrected chi connectivity index (χ3v) is 5.91. The van der Waals surface area contributed by atoms with Gasteiger partial charge >= 0.3 is 0 Å². The number of hydrogen-bond acceptors (Lipinski definition) is 5. The third kappa shape index (κ3) is 6.21. The van der Waals surface area contributed by atoms with Gasteiger partial charge in [0, 0.05) is 17.3 Å². The van der Waals surface area contributed by atoms with Crippen LogP contribution in [0.25, 0.3) is 0 Å². The van der Waals surface area contributed by atoms with Crippen molar-refractivity contribution >= 4 is 40.9 Å². The van der Waals surface area contributed by atoms with Gasteiger partial charge in [-0.3, -0.25) is 9.59 Å². The van der Waals surface area contributed by atoms with Gasteiger partial charge in [0.05, 0.1) is 17.4 Å². The first-order valence-electron chi connectivity index (χ1n) is 10.1. The normalized spacial score (nSPS) is 11.6. The average molecular weight is 488 g/mol. The van der Waals surface area contributed by atoms with E-state index < -0.39 is 17.8 Å². The molecule has 33 heavy (non-hydrogen) atoms. The Morgan fingerprint density at radius 1 is 1.27 bits per heavy atom.